The van der Waals surface area contributed by atoms with Crippen molar-refractivity contribution in [2.45, 2.75) is 71.4 Å². The average molecular weight is 253 g/mol. The molecule has 0 amide bonds. The number of rotatable bonds is 4. The van der Waals surface area contributed by atoms with Crippen molar-refractivity contribution < 1.29 is 4.74 Å². The summed E-state index contributed by atoms with van der Waals surface area (Å²) in [6.45, 7) is 11.4. The molecule has 1 N–H and O–H groups in total. The maximum absolute atomic E-state index is 6.11. The Labute approximate surface area is 113 Å². The standard InChI is InChI=1S/C16H31NO/c1-5-17-15(16(4)9-6-10-18-16)14-8-7-12(2)13(3)11-14/h12-15,17H,5-11H2,1-4H3. The van der Waals surface area contributed by atoms with Gasteiger partial charge in [0.15, 0.2) is 0 Å². The second kappa shape index (κ2) is 5.92. The Balaban J connectivity index is 2.05. The number of hydrogen-bond donors (Lipinski definition) is 1. The molecule has 1 aliphatic carbocycles. The van der Waals surface area contributed by atoms with Gasteiger partial charge in [-0.3, -0.25) is 0 Å². The highest BCUT2D eigenvalue weighted by molar-refractivity contribution is 4.98. The lowest BCUT2D eigenvalue weighted by molar-refractivity contribution is -0.0389. The number of likely N-dealkylation sites (N-methyl/N-ethyl adjacent to an activating group) is 1. The van der Waals surface area contributed by atoms with Crippen LogP contribution in [0.4, 0.5) is 0 Å². The Morgan fingerprint density at radius 2 is 2.06 bits per heavy atom. The van der Waals surface area contributed by atoms with E-state index in [2.05, 4.69) is 33.0 Å². The maximum atomic E-state index is 6.11. The van der Waals surface area contributed by atoms with Crippen LogP contribution in [0.15, 0.2) is 0 Å². The van der Waals surface area contributed by atoms with E-state index < -0.39 is 0 Å². The Bertz CT molecular complexity index is 260. The molecule has 0 aromatic rings. The zero-order valence-corrected chi connectivity index (χ0v) is 12.7. The van der Waals surface area contributed by atoms with E-state index in [1.165, 1.54) is 32.1 Å². The fraction of sp³-hybridized carbons (Fsp3) is 1.00. The second-order valence-electron chi connectivity index (χ2n) is 6.83. The summed E-state index contributed by atoms with van der Waals surface area (Å²) in [5.41, 5.74) is 0.0843. The van der Waals surface area contributed by atoms with Crippen molar-refractivity contribution in [2.24, 2.45) is 17.8 Å². The lowest BCUT2D eigenvalue weighted by Crippen LogP contribution is -2.54. The van der Waals surface area contributed by atoms with Gasteiger partial charge in [0.2, 0.25) is 0 Å². The first kappa shape index (κ1) is 14.3. The number of ether oxygens (including phenoxy) is 1. The molecular weight excluding hydrogens is 222 g/mol. The first-order valence-electron chi connectivity index (χ1n) is 7.94. The lowest BCUT2D eigenvalue weighted by atomic mass is 9.69. The van der Waals surface area contributed by atoms with Gasteiger partial charge in [-0.25, -0.2) is 0 Å². The van der Waals surface area contributed by atoms with E-state index in [1.807, 2.05) is 0 Å². The number of hydrogen-bond acceptors (Lipinski definition) is 2. The maximum Gasteiger partial charge on any atom is 0.0810 e. The normalized spacial score (nSPS) is 43.0. The van der Waals surface area contributed by atoms with Crippen molar-refractivity contribution in [1.82, 2.24) is 5.32 Å². The van der Waals surface area contributed by atoms with Gasteiger partial charge < -0.3 is 10.1 Å². The topological polar surface area (TPSA) is 21.3 Å². The van der Waals surface area contributed by atoms with Gasteiger partial charge in [0.05, 0.1) is 5.60 Å². The Morgan fingerprint density at radius 3 is 2.61 bits per heavy atom. The third-order valence-electron chi connectivity index (χ3n) is 5.44. The summed E-state index contributed by atoms with van der Waals surface area (Å²) in [6.07, 6.45) is 6.60. The van der Waals surface area contributed by atoms with Crippen molar-refractivity contribution >= 4 is 0 Å². The first-order valence-corrected chi connectivity index (χ1v) is 7.94. The SMILES string of the molecule is CCNC(C1CCC(C)C(C)C1)C1(C)CCCO1. The molecule has 1 saturated carbocycles. The molecule has 106 valence electrons. The largest absolute Gasteiger partial charge is 0.374 e. The predicted octanol–water partition coefficient (Wildman–Crippen LogP) is 3.61. The van der Waals surface area contributed by atoms with Crippen LogP contribution >= 0.6 is 0 Å². The van der Waals surface area contributed by atoms with E-state index in [-0.39, 0.29) is 5.60 Å². The molecule has 2 aliphatic rings. The minimum Gasteiger partial charge on any atom is -0.374 e. The molecule has 5 atom stereocenters. The van der Waals surface area contributed by atoms with Crippen LogP contribution in [-0.4, -0.2) is 24.8 Å². The molecule has 1 aliphatic heterocycles. The Morgan fingerprint density at radius 1 is 1.28 bits per heavy atom. The summed E-state index contributed by atoms with van der Waals surface area (Å²) in [4.78, 5) is 0. The molecule has 1 saturated heterocycles. The third kappa shape index (κ3) is 2.91. The predicted molar refractivity (Wildman–Crippen MR) is 76.7 cm³/mol. The van der Waals surface area contributed by atoms with Crippen LogP contribution < -0.4 is 5.32 Å². The van der Waals surface area contributed by atoms with E-state index in [4.69, 9.17) is 4.74 Å². The van der Waals surface area contributed by atoms with Crippen molar-refractivity contribution in [3.8, 4) is 0 Å². The van der Waals surface area contributed by atoms with Gasteiger partial charge in [0, 0.05) is 12.6 Å². The highest BCUT2D eigenvalue weighted by Crippen LogP contribution is 2.41. The van der Waals surface area contributed by atoms with Gasteiger partial charge in [0.1, 0.15) is 0 Å². The van der Waals surface area contributed by atoms with Gasteiger partial charge in [-0.2, -0.15) is 0 Å². The molecular formula is C16H31NO. The summed E-state index contributed by atoms with van der Waals surface area (Å²) in [5.74, 6) is 2.58. The highest BCUT2D eigenvalue weighted by Gasteiger charge is 2.43. The Kier molecular flexibility index (Phi) is 4.71. The molecule has 0 aromatic heterocycles. The molecule has 5 unspecified atom stereocenters. The van der Waals surface area contributed by atoms with Gasteiger partial charge in [-0.1, -0.05) is 27.2 Å². The van der Waals surface area contributed by atoms with Crippen LogP contribution in [0.5, 0.6) is 0 Å². The van der Waals surface area contributed by atoms with Crippen LogP contribution in [0.3, 0.4) is 0 Å². The van der Waals surface area contributed by atoms with E-state index in [0.29, 0.717) is 6.04 Å². The van der Waals surface area contributed by atoms with Crippen molar-refractivity contribution in [3.05, 3.63) is 0 Å². The fourth-order valence-electron chi connectivity index (χ4n) is 4.04. The molecule has 1 heterocycles. The summed E-state index contributed by atoms with van der Waals surface area (Å²) in [5, 5.41) is 3.75. The minimum absolute atomic E-state index is 0.0843. The summed E-state index contributed by atoms with van der Waals surface area (Å²) >= 11 is 0. The van der Waals surface area contributed by atoms with Crippen LogP contribution in [0.2, 0.25) is 0 Å². The van der Waals surface area contributed by atoms with E-state index in [0.717, 1.165) is 30.9 Å². The molecule has 0 spiro atoms. The minimum atomic E-state index is 0.0843. The summed E-state index contributed by atoms with van der Waals surface area (Å²) in [6, 6.07) is 0.556. The molecule has 2 fully saturated rings. The lowest BCUT2D eigenvalue weighted by Gasteiger charge is -2.43. The summed E-state index contributed by atoms with van der Waals surface area (Å²) < 4.78 is 6.11. The monoisotopic (exact) mass is 253 g/mol. The first-order chi connectivity index (χ1) is 8.57. The molecule has 2 rings (SSSR count). The van der Waals surface area contributed by atoms with Gasteiger partial charge in [0.25, 0.3) is 0 Å². The molecule has 18 heavy (non-hydrogen) atoms. The van der Waals surface area contributed by atoms with E-state index >= 15 is 0 Å². The van der Waals surface area contributed by atoms with Gasteiger partial charge in [-0.15, -0.1) is 0 Å². The number of nitrogens with one attached hydrogen (secondary N) is 1. The highest BCUT2D eigenvalue weighted by atomic mass is 16.5. The molecule has 0 bridgehead atoms. The zero-order valence-electron chi connectivity index (χ0n) is 12.7. The zero-order chi connectivity index (χ0) is 13.2. The van der Waals surface area contributed by atoms with Crippen molar-refractivity contribution in [1.29, 1.82) is 0 Å². The van der Waals surface area contributed by atoms with Crippen LogP contribution in [0.25, 0.3) is 0 Å². The Hall–Kier alpha value is -0.0800. The van der Waals surface area contributed by atoms with Crippen LogP contribution in [0.1, 0.15) is 59.8 Å². The molecule has 0 radical (unpaired) electrons. The fourth-order valence-corrected chi connectivity index (χ4v) is 4.04. The quantitative estimate of drug-likeness (QED) is 0.826. The molecule has 0 aromatic carbocycles. The van der Waals surface area contributed by atoms with Gasteiger partial charge in [-0.05, 0) is 56.9 Å². The molecule has 2 nitrogen and oxygen atoms in total. The summed E-state index contributed by atoms with van der Waals surface area (Å²) in [7, 11) is 0. The third-order valence-corrected chi connectivity index (χ3v) is 5.44. The van der Waals surface area contributed by atoms with Crippen LogP contribution in [-0.2, 0) is 4.74 Å². The average Bonchev–Trinajstić information content (AvgIpc) is 2.78. The van der Waals surface area contributed by atoms with Gasteiger partial charge >= 0.3 is 0 Å². The van der Waals surface area contributed by atoms with E-state index in [9.17, 15) is 0 Å². The van der Waals surface area contributed by atoms with Crippen molar-refractivity contribution in [2.75, 3.05) is 13.2 Å². The van der Waals surface area contributed by atoms with Crippen LogP contribution in [0, 0.1) is 17.8 Å². The van der Waals surface area contributed by atoms with E-state index in [1.54, 1.807) is 0 Å². The smallest absolute Gasteiger partial charge is 0.0810 e. The van der Waals surface area contributed by atoms with Crippen molar-refractivity contribution in [3.63, 3.8) is 0 Å². The molecule has 2 heteroatoms. The second-order valence-corrected chi connectivity index (χ2v) is 6.83.